The van der Waals surface area contributed by atoms with Gasteiger partial charge in [-0.1, -0.05) is 89.9 Å². The van der Waals surface area contributed by atoms with E-state index in [0.29, 0.717) is 6.42 Å². The molecule has 0 aromatic carbocycles. The molecule has 1 aliphatic rings. The number of esters is 1. The minimum atomic E-state index is -0.926. The lowest BCUT2D eigenvalue weighted by Crippen LogP contribution is -2.21. The lowest BCUT2D eigenvalue weighted by molar-refractivity contribution is -0.150. The second-order valence-electron chi connectivity index (χ2n) is 6.95. The molecule has 1 aliphatic carbocycles. The van der Waals surface area contributed by atoms with E-state index in [1.54, 1.807) is 0 Å². The zero-order valence-corrected chi connectivity index (χ0v) is 14.5. The normalized spacial score (nSPS) is 17.9. The number of methoxy groups -OCH3 is 1. The Bertz CT molecular complexity index is 270. The van der Waals surface area contributed by atoms with Gasteiger partial charge in [0, 0.05) is 0 Å². The maximum atomic E-state index is 11.0. The summed E-state index contributed by atoms with van der Waals surface area (Å²) >= 11 is 0. The van der Waals surface area contributed by atoms with Gasteiger partial charge >= 0.3 is 5.97 Å². The molecule has 1 atom stereocenters. The highest BCUT2D eigenvalue weighted by molar-refractivity contribution is 5.74. The van der Waals surface area contributed by atoms with E-state index in [4.69, 9.17) is 0 Å². The Labute approximate surface area is 136 Å². The SMILES string of the molecule is COC(=O)C(O)CCCCCCCCCC1CCCCCC1. The summed E-state index contributed by atoms with van der Waals surface area (Å²) in [5.74, 6) is 0.515. The molecule has 0 spiro atoms. The average molecular weight is 312 g/mol. The fourth-order valence-corrected chi connectivity index (χ4v) is 3.56. The fraction of sp³-hybridized carbons (Fsp3) is 0.947. The molecule has 0 amide bonds. The van der Waals surface area contributed by atoms with E-state index in [-0.39, 0.29) is 0 Å². The van der Waals surface area contributed by atoms with Crippen molar-refractivity contribution in [3.05, 3.63) is 0 Å². The van der Waals surface area contributed by atoms with E-state index in [2.05, 4.69) is 4.74 Å². The fourth-order valence-electron chi connectivity index (χ4n) is 3.56. The predicted octanol–water partition coefficient (Wildman–Crippen LogP) is 5.00. The lowest BCUT2D eigenvalue weighted by Gasteiger charge is -2.13. The van der Waals surface area contributed by atoms with Crippen LogP contribution in [0, 0.1) is 5.92 Å². The van der Waals surface area contributed by atoms with Gasteiger partial charge in [0.15, 0.2) is 6.10 Å². The number of hydrogen-bond donors (Lipinski definition) is 1. The molecule has 0 radical (unpaired) electrons. The summed E-state index contributed by atoms with van der Waals surface area (Å²) in [6.45, 7) is 0. The lowest BCUT2D eigenvalue weighted by atomic mass is 9.93. The summed E-state index contributed by atoms with van der Waals surface area (Å²) in [6.07, 6.45) is 18.5. The molecule has 0 saturated heterocycles. The highest BCUT2D eigenvalue weighted by atomic mass is 16.5. The number of aliphatic hydroxyl groups excluding tert-OH is 1. The Kier molecular flexibility index (Phi) is 11.4. The minimum absolute atomic E-state index is 0.501. The molecule has 130 valence electrons. The Morgan fingerprint density at radius 3 is 2.09 bits per heavy atom. The molecule has 0 aromatic rings. The maximum Gasteiger partial charge on any atom is 0.334 e. The molecule has 1 saturated carbocycles. The second-order valence-corrected chi connectivity index (χ2v) is 6.95. The first-order valence-corrected chi connectivity index (χ1v) is 9.50. The molecule has 3 heteroatoms. The van der Waals surface area contributed by atoms with Crippen molar-refractivity contribution >= 4 is 5.97 Å². The molecule has 1 rings (SSSR count). The summed E-state index contributed by atoms with van der Waals surface area (Å²) in [4.78, 5) is 11.0. The molecule has 0 aromatic heterocycles. The van der Waals surface area contributed by atoms with Crippen LogP contribution in [0.3, 0.4) is 0 Å². The molecule has 0 aliphatic heterocycles. The van der Waals surface area contributed by atoms with E-state index in [9.17, 15) is 9.90 Å². The molecular weight excluding hydrogens is 276 g/mol. The van der Waals surface area contributed by atoms with Gasteiger partial charge in [0.25, 0.3) is 0 Å². The quantitative estimate of drug-likeness (QED) is 0.332. The summed E-state index contributed by atoms with van der Waals surface area (Å²) in [7, 11) is 1.32. The molecule has 3 nitrogen and oxygen atoms in total. The van der Waals surface area contributed by atoms with Gasteiger partial charge in [-0.05, 0) is 12.3 Å². The summed E-state index contributed by atoms with van der Waals surface area (Å²) < 4.78 is 4.50. The molecular formula is C19H36O3. The van der Waals surface area contributed by atoms with E-state index >= 15 is 0 Å². The molecule has 22 heavy (non-hydrogen) atoms. The van der Waals surface area contributed by atoms with Crippen molar-refractivity contribution in [1.29, 1.82) is 0 Å². The first-order valence-electron chi connectivity index (χ1n) is 9.50. The van der Waals surface area contributed by atoms with E-state index in [0.717, 1.165) is 18.8 Å². The van der Waals surface area contributed by atoms with Crippen LogP contribution in [0.1, 0.15) is 96.3 Å². The van der Waals surface area contributed by atoms with Crippen LogP contribution in [0.15, 0.2) is 0 Å². The van der Waals surface area contributed by atoms with Crippen LogP contribution < -0.4 is 0 Å². The second kappa shape index (κ2) is 12.9. The van der Waals surface area contributed by atoms with Gasteiger partial charge < -0.3 is 9.84 Å². The molecule has 1 N–H and O–H groups in total. The third-order valence-electron chi connectivity index (χ3n) is 5.04. The monoisotopic (exact) mass is 312 g/mol. The Morgan fingerprint density at radius 2 is 1.50 bits per heavy atom. The van der Waals surface area contributed by atoms with Crippen LogP contribution in [0.4, 0.5) is 0 Å². The van der Waals surface area contributed by atoms with Crippen LogP contribution >= 0.6 is 0 Å². The molecule has 0 heterocycles. The number of carbonyl (C=O) groups excluding carboxylic acids is 1. The van der Waals surface area contributed by atoms with Crippen molar-refractivity contribution in [3.63, 3.8) is 0 Å². The zero-order chi connectivity index (χ0) is 16.0. The van der Waals surface area contributed by atoms with Gasteiger partial charge in [-0.15, -0.1) is 0 Å². The first-order chi connectivity index (χ1) is 10.7. The number of aliphatic hydroxyl groups is 1. The predicted molar refractivity (Wildman–Crippen MR) is 90.8 cm³/mol. The highest BCUT2D eigenvalue weighted by Crippen LogP contribution is 2.27. The van der Waals surface area contributed by atoms with Crippen LogP contribution in [-0.2, 0) is 9.53 Å². The number of ether oxygens (including phenoxy) is 1. The standard InChI is InChI=1S/C19H36O3/c1-22-19(21)18(20)16-12-6-4-2-3-5-9-13-17-14-10-7-8-11-15-17/h17-18,20H,2-16H2,1H3. The highest BCUT2D eigenvalue weighted by Gasteiger charge is 2.14. The number of unbranched alkanes of at least 4 members (excludes halogenated alkanes) is 6. The minimum Gasteiger partial charge on any atom is -0.467 e. The summed E-state index contributed by atoms with van der Waals surface area (Å²) in [5, 5.41) is 9.46. The van der Waals surface area contributed by atoms with E-state index in [1.807, 2.05) is 0 Å². The van der Waals surface area contributed by atoms with Crippen molar-refractivity contribution in [3.8, 4) is 0 Å². The van der Waals surface area contributed by atoms with Crippen molar-refractivity contribution in [2.45, 2.75) is 102 Å². The van der Waals surface area contributed by atoms with Crippen LogP contribution in [-0.4, -0.2) is 24.3 Å². The topological polar surface area (TPSA) is 46.5 Å². The van der Waals surface area contributed by atoms with Crippen molar-refractivity contribution in [1.82, 2.24) is 0 Å². The number of hydrogen-bond acceptors (Lipinski definition) is 3. The Hall–Kier alpha value is -0.570. The Morgan fingerprint density at radius 1 is 0.955 bits per heavy atom. The first kappa shape index (κ1) is 19.5. The van der Waals surface area contributed by atoms with Gasteiger partial charge in [0.05, 0.1) is 7.11 Å². The smallest absolute Gasteiger partial charge is 0.334 e. The Balaban J connectivity index is 1.84. The summed E-state index contributed by atoms with van der Waals surface area (Å²) in [5.41, 5.74) is 0. The van der Waals surface area contributed by atoms with Gasteiger partial charge in [-0.2, -0.15) is 0 Å². The van der Waals surface area contributed by atoms with Crippen molar-refractivity contribution in [2.24, 2.45) is 5.92 Å². The van der Waals surface area contributed by atoms with Gasteiger partial charge in [-0.3, -0.25) is 0 Å². The van der Waals surface area contributed by atoms with Crippen molar-refractivity contribution in [2.75, 3.05) is 7.11 Å². The van der Waals surface area contributed by atoms with E-state index < -0.39 is 12.1 Å². The third-order valence-corrected chi connectivity index (χ3v) is 5.04. The summed E-state index contributed by atoms with van der Waals surface area (Å²) in [6, 6.07) is 0. The molecule has 0 bridgehead atoms. The average Bonchev–Trinajstić information content (AvgIpc) is 2.81. The zero-order valence-electron chi connectivity index (χ0n) is 14.5. The van der Waals surface area contributed by atoms with Crippen LogP contribution in [0.2, 0.25) is 0 Å². The largest absolute Gasteiger partial charge is 0.467 e. The number of carbonyl (C=O) groups is 1. The van der Waals surface area contributed by atoms with Gasteiger partial charge in [0.2, 0.25) is 0 Å². The number of rotatable bonds is 11. The van der Waals surface area contributed by atoms with Crippen LogP contribution in [0.25, 0.3) is 0 Å². The third kappa shape index (κ3) is 9.45. The van der Waals surface area contributed by atoms with E-state index in [1.165, 1.54) is 84.2 Å². The molecule has 1 unspecified atom stereocenters. The van der Waals surface area contributed by atoms with Crippen molar-refractivity contribution < 1.29 is 14.6 Å². The molecule has 1 fully saturated rings. The van der Waals surface area contributed by atoms with Gasteiger partial charge in [0.1, 0.15) is 0 Å². The maximum absolute atomic E-state index is 11.0. The van der Waals surface area contributed by atoms with Crippen LogP contribution in [0.5, 0.6) is 0 Å². The van der Waals surface area contributed by atoms with Gasteiger partial charge in [-0.25, -0.2) is 4.79 Å².